The van der Waals surface area contributed by atoms with Crippen LogP contribution in [0.1, 0.15) is 15.9 Å². The number of hydrogen-bond acceptors (Lipinski definition) is 1. The predicted molar refractivity (Wildman–Crippen MR) is 97.1 cm³/mol. The molecule has 0 saturated carbocycles. The zero-order valence-electron chi connectivity index (χ0n) is 13.1. The molecule has 108 valence electrons. The lowest BCUT2D eigenvalue weighted by atomic mass is 9.92. The van der Waals surface area contributed by atoms with Crippen LogP contribution in [0.3, 0.4) is 0 Å². The average Bonchev–Trinajstić information content (AvgIpc) is 2.50. The number of aldehydes is 1. The predicted octanol–water partition coefficient (Wildman–Crippen LogP) is 5.03. The summed E-state index contributed by atoms with van der Waals surface area (Å²) in [5.41, 5.74) is 5.26. The Morgan fingerprint density at radius 2 is 1.27 bits per heavy atom. The van der Waals surface area contributed by atoms with Gasteiger partial charge in [-0.2, -0.15) is 0 Å². The number of rotatable bonds is 1. The van der Waals surface area contributed by atoms with E-state index >= 15 is 0 Å². The summed E-state index contributed by atoms with van der Waals surface area (Å²) in [7, 11) is -1.47. The summed E-state index contributed by atoms with van der Waals surface area (Å²) < 4.78 is 0. The first-order chi connectivity index (χ1) is 10.5. The Labute approximate surface area is 132 Å². The first kappa shape index (κ1) is 14.6. The topological polar surface area (TPSA) is 17.1 Å². The van der Waals surface area contributed by atoms with Gasteiger partial charge in [0.25, 0.3) is 0 Å². The van der Waals surface area contributed by atoms with Gasteiger partial charge in [-0.1, -0.05) is 74.1 Å². The smallest absolute Gasteiger partial charge is 0.151 e. The van der Waals surface area contributed by atoms with Crippen LogP contribution in [0.2, 0.25) is 19.6 Å². The molecule has 3 aromatic carbocycles. The van der Waals surface area contributed by atoms with Gasteiger partial charge >= 0.3 is 0 Å². The van der Waals surface area contributed by atoms with E-state index in [9.17, 15) is 4.79 Å². The third-order valence-corrected chi connectivity index (χ3v) is 4.53. The number of carbonyl (C=O) groups excluding carboxylic acids is 1. The van der Waals surface area contributed by atoms with E-state index in [4.69, 9.17) is 0 Å². The maximum absolute atomic E-state index is 11.6. The summed E-state index contributed by atoms with van der Waals surface area (Å²) in [6.07, 6.45) is 0.959. The van der Waals surface area contributed by atoms with E-state index in [0.29, 0.717) is 0 Å². The lowest BCUT2D eigenvalue weighted by Gasteiger charge is -2.11. The third-order valence-electron chi connectivity index (χ3n) is 3.65. The lowest BCUT2D eigenvalue weighted by Crippen LogP contribution is -2.16. The van der Waals surface area contributed by atoms with Gasteiger partial charge in [0.15, 0.2) is 6.29 Å². The zero-order valence-corrected chi connectivity index (χ0v) is 14.1. The second kappa shape index (κ2) is 5.44. The molecule has 3 rings (SSSR count). The summed E-state index contributed by atoms with van der Waals surface area (Å²) in [6.45, 7) is 6.72. The maximum atomic E-state index is 11.6. The van der Waals surface area contributed by atoms with Crippen LogP contribution >= 0.6 is 0 Å². The Bertz CT molecular complexity index is 880. The molecule has 0 radical (unpaired) electrons. The Hall–Kier alpha value is -2.37. The van der Waals surface area contributed by atoms with Gasteiger partial charge in [-0.25, -0.2) is 0 Å². The molecule has 0 aromatic heterocycles. The lowest BCUT2D eigenvalue weighted by molar-refractivity contribution is 0.112. The summed E-state index contributed by atoms with van der Waals surface area (Å²) in [6, 6.07) is 16.1. The molecule has 0 spiro atoms. The van der Waals surface area contributed by atoms with Crippen molar-refractivity contribution in [1.29, 1.82) is 0 Å². The van der Waals surface area contributed by atoms with Crippen LogP contribution in [0.4, 0.5) is 0 Å². The SMILES string of the molecule is C[Si](C)(C)C#Cc1c2ccccc2c(C=O)c2ccccc12. The summed E-state index contributed by atoms with van der Waals surface area (Å²) in [5.74, 6) is 3.42. The molecule has 0 aliphatic rings. The minimum absolute atomic E-state index is 0.754. The maximum Gasteiger partial charge on any atom is 0.151 e. The Morgan fingerprint density at radius 3 is 1.68 bits per heavy atom. The molecule has 0 bridgehead atoms. The molecule has 1 nitrogen and oxygen atoms in total. The highest BCUT2D eigenvalue weighted by Crippen LogP contribution is 2.31. The molecule has 0 amide bonds. The van der Waals surface area contributed by atoms with Crippen LogP contribution in [-0.2, 0) is 0 Å². The van der Waals surface area contributed by atoms with E-state index in [1.807, 2.05) is 36.4 Å². The van der Waals surface area contributed by atoms with E-state index in [1.165, 1.54) is 0 Å². The first-order valence-electron chi connectivity index (χ1n) is 7.43. The summed E-state index contributed by atoms with van der Waals surface area (Å²) in [4.78, 5) is 11.6. The van der Waals surface area contributed by atoms with Gasteiger partial charge < -0.3 is 0 Å². The van der Waals surface area contributed by atoms with Crippen LogP contribution in [-0.4, -0.2) is 14.4 Å². The van der Waals surface area contributed by atoms with E-state index in [2.05, 4.69) is 43.2 Å². The molecule has 0 unspecified atom stereocenters. The summed E-state index contributed by atoms with van der Waals surface area (Å²) in [5, 5.41) is 4.09. The average molecular weight is 302 g/mol. The highest BCUT2D eigenvalue weighted by atomic mass is 28.3. The van der Waals surface area contributed by atoms with Crippen LogP contribution < -0.4 is 0 Å². The van der Waals surface area contributed by atoms with Gasteiger partial charge in [-0.15, -0.1) is 5.54 Å². The van der Waals surface area contributed by atoms with Crippen molar-refractivity contribution in [3.05, 3.63) is 59.7 Å². The molecule has 2 heteroatoms. The van der Waals surface area contributed by atoms with Gasteiger partial charge in [0.05, 0.1) is 0 Å². The normalized spacial score (nSPS) is 11.2. The highest BCUT2D eigenvalue weighted by molar-refractivity contribution is 6.83. The molecule has 0 N–H and O–H groups in total. The molecular formula is C20H18OSi. The number of benzene rings is 3. The Morgan fingerprint density at radius 1 is 0.818 bits per heavy atom. The second-order valence-electron chi connectivity index (χ2n) is 6.50. The van der Waals surface area contributed by atoms with Crippen molar-refractivity contribution in [1.82, 2.24) is 0 Å². The molecule has 0 fully saturated rings. The molecule has 0 aliphatic carbocycles. The van der Waals surface area contributed by atoms with E-state index in [0.717, 1.165) is 39.0 Å². The molecular weight excluding hydrogens is 284 g/mol. The van der Waals surface area contributed by atoms with Gasteiger partial charge in [0, 0.05) is 11.1 Å². The van der Waals surface area contributed by atoms with Crippen molar-refractivity contribution in [2.75, 3.05) is 0 Å². The number of fused-ring (bicyclic) bond motifs is 2. The number of hydrogen-bond donors (Lipinski definition) is 0. The van der Waals surface area contributed by atoms with E-state index < -0.39 is 8.07 Å². The van der Waals surface area contributed by atoms with Crippen molar-refractivity contribution in [2.24, 2.45) is 0 Å². The largest absolute Gasteiger partial charge is 0.298 e. The van der Waals surface area contributed by atoms with Crippen LogP contribution in [0.15, 0.2) is 48.5 Å². The van der Waals surface area contributed by atoms with E-state index in [-0.39, 0.29) is 0 Å². The Balaban J connectivity index is 2.52. The minimum atomic E-state index is -1.47. The van der Waals surface area contributed by atoms with Crippen molar-refractivity contribution in [3.63, 3.8) is 0 Å². The van der Waals surface area contributed by atoms with Crippen LogP contribution in [0.25, 0.3) is 21.5 Å². The quantitative estimate of drug-likeness (QED) is 0.266. The van der Waals surface area contributed by atoms with Crippen LogP contribution in [0.5, 0.6) is 0 Å². The second-order valence-corrected chi connectivity index (χ2v) is 11.2. The third kappa shape index (κ3) is 2.56. The highest BCUT2D eigenvalue weighted by Gasteiger charge is 2.13. The van der Waals surface area contributed by atoms with E-state index in [1.54, 1.807) is 0 Å². The fraction of sp³-hybridized carbons (Fsp3) is 0.150. The van der Waals surface area contributed by atoms with Gasteiger partial charge in [0.1, 0.15) is 8.07 Å². The standard InChI is InChI=1S/C20H18OSi/c1-22(2,3)13-12-19-15-8-4-6-10-17(15)20(14-21)18-11-7-5-9-16(18)19/h4-11,14H,1-3H3. The van der Waals surface area contributed by atoms with Crippen molar-refractivity contribution < 1.29 is 4.79 Å². The Kier molecular flexibility index (Phi) is 3.60. The van der Waals surface area contributed by atoms with Gasteiger partial charge in [-0.3, -0.25) is 4.79 Å². The van der Waals surface area contributed by atoms with Gasteiger partial charge in [0.2, 0.25) is 0 Å². The van der Waals surface area contributed by atoms with Crippen molar-refractivity contribution in [3.8, 4) is 11.5 Å². The van der Waals surface area contributed by atoms with Crippen molar-refractivity contribution >= 4 is 35.9 Å². The fourth-order valence-corrected chi connectivity index (χ4v) is 3.17. The number of carbonyl (C=O) groups is 1. The molecule has 0 heterocycles. The zero-order chi connectivity index (χ0) is 15.7. The molecule has 3 aromatic rings. The molecule has 0 saturated heterocycles. The van der Waals surface area contributed by atoms with Crippen LogP contribution in [0, 0.1) is 11.5 Å². The molecule has 22 heavy (non-hydrogen) atoms. The van der Waals surface area contributed by atoms with Crippen molar-refractivity contribution in [2.45, 2.75) is 19.6 Å². The fourth-order valence-electron chi connectivity index (χ4n) is 2.67. The molecule has 0 aliphatic heterocycles. The summed E-state index contributed by atoms with van der Waals surface area (Å²) >= 11 is 0. The van der Waals surface area contributed by atoms with Gasteiger partial charge in [-0.05, 0) is 21.5 Å². The first-order valence-corrected chi connectivity index (χ1v) is 10.9. The monoisotopic (exact) mass is 302 g/mol. The molecule has 0 atom stereocenters. The minimum Gasteiger partial charge on any atom is -0.298 e.